The summed E-state index contributed by atoms with van der Waals surface area (Å²) < 4.78 is 1.63. The SMILES string of the molecule is C=O.NC1CCN(Cc2ccc(-n3ccc(N4CC5CC(N)CC5C4)nc3=O)cc2)CC1. The van der Waals surface area contributed by atoms with Crippen LogP contribution >= 0.6 is 0 Å². The summed E-state index contributed by atoms with van der Waals surface area (Å²) >= 11 is 0. The average Bonchev–Trinajstić information content (AvgIpc) is 3.35. The van der Waals surface area contributed by atoms with Gasteiger partial charge < -0.3 is 21.2 Å². The maximum Gasteiger partial charge on any atom is 0.354 e. The lowest BCUT2D eigenvalue weighted by Gasteiger charge is -2.30. The predicted octanol–water partition coefficient (Wildman–Crippen LogP) is 1.14. The van der Waals surface area contributed by atoms with Crippen LogP contribution in [-0.4, -0.2) is 59.5 Å². The fourth-order valence-corrected chi connectivity index (χ4v) is 5.43. The van der Waals surface area contributed by atoms with Crippen LogP contribution in [-0.2, 0) is 11.3 Å². The van der Waals surface area contributed by atoms with Gasteiger partial charge in [-0.3, -0.25) is 9.47 Å². The zero-order chi connectivity index (χ0) is 22.7. The van der Waals surface area contributed by atoms with E-state index in [9.17, 15) is 4.79 Å². The maximum absolute atomic E-state index is 12.7. The number of benzene rings is 1. The number of fused-ring (bicyclic) bond motifs is 1. The Morgan fingerprint density at radius 2 is 1.56 bits per heavy atom. The van der Waals surface area contributed by atoms with E-state index in [1.54, 1.807) is 4.57 Å². The lowest BCUT2D eigenvalue weighted by atomic mass is 10.0. The van der Waals surface area contributed by atoms with E-state index < -0.39 is 0 Å². The first-order valence-electron chi connectivity index (χ1n) is 11.5. The molecule has 1 aromatic heterocycles. The van der Waals surface area contributed by atoms with Gasteiger partial charge in [0, 0.05) is 37.9 Å². The van der Waals surface area contributed by atoms with Crippen molar-refractivity contribution in [3.63, 3.8) is 0 Å². The molecule has 2 unspecified atom stereocenters. The van der Waals surface area contributed by atoms with Gasteiger partial charge in [0.15, 0.2) is 0 Å². The Balaban J connectivity index is 0.00000119. The molecule has 2 aliphatic heterocycles. The van der Waals surface area contributed by atoms with E-state index >= 15 is 0 Å². The van der Waals surface area contributed by atoms with Crippen LogP contribution in [0.25, 0.3) is 5.69 Å². The summed E-state index contributed by atoms with van der Waals surface area (Å²) in [5, 5.41) is 0. The van der Waals surface area contributed by atoms with Gasteiger partial charge >= 0.3 is 5.69 Å². The minimum Gasteiger partial charge on any atom is -0.356 e. The molecule has 2 atom stereocenters. The zero-order valence-electron chi connectivity index (χ0n) is 18.6. The largest absolute Gasteiger partial charge is 0.356 e. The van der Waals surface area contributed by atoms with Gasteiger partial charge in [-0.2, -0.15) is 4.98 Å². The minimum atomic E-state index is -0.223. The van der Waals surface area contributed by atoms with Gasteiger partial charge in [-0.25, -0.2) is 4.79 Å². The molecule has 8 nitrogen and oxygen atoms in total. The molecule has 3 aliphatic rings. The van der Waals surface area contributed by atoms with E-state index in [4.69, 9.17) is 16.3 Å². The van der Waals surface area contributed by atoms with E-state index in [-0.39, 0.29) is 5.69 Å². The first kappa shape index (κ1) is 22.6. The van der Waals surface area contributed by atoms with Gasteiger partial charge in [0.25, 0.3) is 0 Å². The third-order valence-corrected chi connectivity index (χ3v) is 7.15. The molecule has 3 heterocycles. The Kier molecular flexibility index (Phi) is 7.03. The fraction of sp³-hybridized carbons (Fsp3) is 0.542. The highest BCUT2D eigenvalue weighted by atomic mass is 16.1. The van der Waals surface area contributed by atoms with E-state index in [0.717, 1.165) is 69.9 Å². The summed E-state index contributed by atoms with van der Waals surface area (Å²) in [6.45, 7) is 6.96. The molecule has 172 valence electrons. The van der Waals surface area contributed by atoms with Crippen molar-refractivity contribution in [2.45, 2.75) is 44.3 Å². The quantitative estimate of drug-likeness (QED) is 0.737. The first-order chi connectivity index (χ1) is 15.5. The van der Waals surface area contributed by atoms with Crippen molar-refractivity contribution >= 4 is 12.6 Å². The molecule has 5 rings (SSSR count). The highest BCUT2D eigenvalue weighted by Crippen LogP contribution is 2.38. The van der Waals surface area contributed by atoms with Crippen molar-refractivity contribution in [1.82, 2.24) is 14.5 Å². The molecule has 1 aromatic carbocycles. The Morgan fingerprint density at radius 3 is 2.16 bits per heavy atom. The number of hydrogen-bond donors (Lipinski definition) is 2. The lowest BCUT2D eigenvalue weighted by molar-refractivity contribution is -0.0979. The van der Waals surface area contributed by atoms with Crippen molar-refractivity contribution in [3.05, 3.63) is 52.6 Å². The van der Waals surface area contributed by atoms with Gasteiger partial charge in [-0.1, -0.05) is 12.1 Å². The topological polar surface area (TPSA) is 110 Å². The van der Waals surface area contributed by atoms with Gasteiger partial charge in [-0.15, -0.1) is 0 Å². The molecule has 1 aliphatic carbocycles. The second-order valence-corrected chi connectivity index (χ2v) is 9.37. The Labute approximate surface area is 189 Å². The van der Waals surface area contributed by atoms with Gasteiger partial charge in [0.1, 0.15) is 12.6 Å². The predicted molar refractivity (Wildman–Crippen MR) is 126 cm³/mol. The zero-order valence-corrected chi connectivity index (χ0v) is 18.6. The van der Waals surface area contributed by atoms with Gasteiger partial charge in [0.2, 0.25) is 0 Å². The molecular weight excluding hydrogens is 404 g/mol. The van der Waals surface area contributed by atoms with Crippen LogP contribution in [0, 0.1) is 11.8 Å². The molecule has 32 heavy (non-hydrogen) atoms. The number of carbonyl (C=O) groups excluding carboxylic acids is 1. The molecule has 0 bridgehead atoms. The highest BCUT2D eigenvalue weighted by Gasteiger charge is 2.40. The lowest BCUT2D eigenvalue weighted by Crippen LogP contribution is -2.39. The molecule has 8 heteroatoms. The van der Waals surface area contributed by atoms with E-state index in [0.29, 0.717) is 23.9 Å². The number of piperidine rings is 1. The van der Waals surface area contributed by atoms with Crippen LogP contribution < -0.4 is 22.1 Å². The number of nitrogens with two attached hydrogens (primary N) is 2. The Bertz CT molecular complexity index is 940. The number of anilines is 1. The second kappa shape index (κ2) is 9.94. The Morgan fingerprint density at radius 1 is 0.938 bits per heavy atom. The van der Waals surface area contributed by atoms with E-state index in [2.05, 4.69) is 26.9 Å². The summed E-state index contributed by atoms with van der Waals surface area (Å²) in [4.78, 5) is 29.8. The average molecular weight is 439 g/mol. The number of carbonyl (C=O) groups is 1. The third kappa shape index (κ3) is 4.92. The number of aromatic nitrogens is 2. The summed E-state index contributed by atoms with van der Waals surface area (Å²) in [7, 11) is 0. The van der Waals surface area contributed by atoms with Gasteiger partial charge in [-0.05, 0) is 74.4 Å². The summed E-state index contributed by atoms with van der Waals surface area (Å²) in [5.74, 6) is 2.08. The molecule has 2 aromatic rings. The Hall–Kier alpha value is -2.55. The van der Waals surface area contributed by atoms with Crippen molar-refractivity contribution in [2.75, 3.05) is 31.1 Å². The molecule has 4 N–H and O–H groups in total. The number of likely N-dealkylation sites (tertiary alicyclic amines) is 1. The van der Waals surface area contributed by atoms with Crippen molar-refractivity contribution < 1.29 is 4.79 Å². The monoisotopic (exact) mass is 438 g/mol. The van der Waals surface area contributed by atoms with Crippen molar-refractivity contribution in [3.8, 4) is 5.69 Å². The normalized spacial score (nSPS) is 25.9. The molecular formula is C24H34N6O2. The summed E-state index contributed by atoms with van der Waals surface area (Å²) in [6.07, 6.45) is 6.17. The van der Waals surface area contributed by atoms with Crippen LogP contribution in [0.5, 0.6) is 0 Å². The van der Waals surface area contributed by atoms with Crippen LogP contribution in [0.15, 0.2) is 41.3 Å². The van der Waals surface area contributed by atoms with Crippen LogP contribution in [0.4, 0.5) is 5.82 Å². The number of hydrogen-bond acceptors (Lipinski definition) is 7. The number of nitrogens with zero attached hydrogens (tertiary/aromatic N) is 4. The fourth-order valence-electron chi connectivity index (χ4n) is 5.43. The van der Waals surface area contributed by atoms with Crippen molar-refractivity contribution in [1.29, 1.82) is 0 Å². The molecule has 2 saturated heterocycles. The van der Waals surface area contributed by atoms with Crippen LogP contribution in [0.2, 0.25) is 0 Å². The van der Waals surface area contributed by atoms with E-state index in [1.807, 2.05) is 31.2 Å². The van der Waals surface area contributed by atoms with Crippen LogP contribution in [0.3, 0.4) is 0 Å². The molecule has 0 spiro atoms. The number of rotatable bonds is 4. The summed E-state index contributed by atoms with van der Waals surface area (Å²) in [6, 6.07) is 10.9. The highest BCUT2D eigenvalue weighted by molar-refractivity contribution is 5.41. The molecule has 1 saturated carbocycles. The molecule has 0 radical (unpaired) electrons. The van der Waals surface area contributed by atoms with E-state index in [1.165, 1.54) is 5.56 Å². The second-order valence-electron chi connectivity index (χ2n) is 9.37. The molecule has 3 fully saturated rings. The smallest absolute Gasteiger partial charge is 0.354 e. The van der Waals surface area contributed by atoms with Crippen LogP contribution in [0.1, 0.15) is 31.2 Å². The summed E-state index contributed by atoms with van der Waals surface area (Å²) in [5.41, 5.74) is 14.0. The standard InChI is InChI=1S/C23H32N6O.CH2O/c24-19-5-8-27(9-6-19)13-16-1-3-21(4-2-16)29-10-7-22(26-23(29)30)28-14-17-11-20(25)12-18(17)15-28;1-2/h1-4,7,10,17-20H,5-6,8-9,11-15,24-25H2;1H2. The minimum absolute atomic E-state index is 0.223. The third-order valence-electron chi connectivity index (χ3n) is 7.15. The molecule has 0 amide bonds. The van der Waals surface area contributed by atoms with Crippen molar-refractivity contribution in [2.24, 2.45) is 23.3 Å². The first-order valence-corrected chi connectivity index (χ1v) is 11.5. The maximum atomic E-state index is 12.7. The van der Waals surface area contributed by atoms with Gasteiger partial charge in [0.05, 0.1) is 5.69 Å².